The number of hydrogen-bond donors (Lipinski definition) is 1. The number of likely N-dealkylation sites (tertiary alicyclic amines) is 1. The molecule has 21 heavy (non-hydrogen) atoms. The van der Waals surface area contributed by atoms with Gasteiger partial charge in [0.2, 0.25) is 5.91 Å². The van der Waals surface area contributed by atoms with Crippen LogP contribution in [0.3, 0.4) is 0 Å². The quantitative estimate of drug-likeness (QED) is 0.906. The number of aryl methyl sites for hydroxylation is 1. The smallest absolute Gasteiger partial charge is 0.308 e. The van der Waals surface area contributed by atoms with Crippen molar-refractivity contribution in [2.45, 2.75) is 52.0 Å². The molecule has 0 bridgehead atoms. The van der Waals surface area contributed by atoms with Crippen LogP contribution in [0.15, 0.2) is 12.1 Å². The van der Waals surface area contributed by atoms with E-state index in [1.54, 1.807) is 16.2 Å². The summed E-state index contributed by atoms with van der Waals surface area (Å²) in [5.41, 5.74) is 0. The highest BCUT2D eigenvalue weighted by atomic mass is 32.1. The van der Waals surface area contributed by atoms with Crippen molar-refractivity contribution in [3.05, 3.63) is 21.9 Å². The molecule has 0 spiro atoms. The van der Waals surface area contributed by atoms with Crippen LogP contribution < -0.4 is 0 Å². The zero-order valence-electron chi connectivity index (χ0n) is 12.7. The zero-order chi connectivity index (χ0) is 15.4. The minimum absolute atomic E-state index is 0.0945. The summed E-state index contributed by atoms with van der Waals surface area (Å²) in [6.07, 6.45) is 3.49. The molecular weight excluding hydrogens is 286 g/mol. The Bertz CT molecular complexity index is 511. The van der Waals surface area contributed by atoms with Gasteiger partial charge in [-0.15, -0.1) is 11.3 Å². The lowest BCUT2D eigenvalue weighted by Crippen LogP contribution is -2.39. The number of carbonyl (C=O) groups excluding carboxylic acids is 1. The average Bonchev–Trinajstić information content (AvgIpc) is 2.86. The lowest BCUT2D eigenvalue weighted by Gasteiger charge is -2.32. The molecule has 1 amide bonds. The van der Waals surface area contributed by atoms with Crippen molar-refractivity contribution in [3.63, 3.8) is 0 Å². The van der Waals surface area contributed by atoms with Crippen molar-refractivity contribution in [1.29, 1.82) is 0 Å². The maximum atomic E-state index is 12.4. The summed E-state index contributed by atoms with van der Waals surface area (Å²) in [5.74, 6) is -1.19. The molecular formula is C16H23NO3S. The van der Waals surface area contributed by atoms with E-state index in [4.69, 9.17) is 0 Å². The molecule has 1 aromatic rings. The topological polar surface area (TPSA) is 57.6 Å². The molecule has 1 aliphatic rings. The molecule has 0 saturated carbocycles. The zero-order valence-corrected chi connectivity index (χ0v) is 13.5. The van der Waals surface area contributed by atoms with Gasteiger partial charge in [-0.2, -0.15) is 0 Å². The van der Waals surface area contributed by atoms with Crippen molar-refractivity contribution in [3.8, 4) is 0 Å². The first-order valence-electron chi connectivity index (χ1n) is 7.69. The number of aliphatic carboxylic acids is 1. The standard InChI is InChI=1S/C16H23NO3S/c1-3-10-17-14(18)7-5-6-12(16(19)20)15(17)13-9-8-11(4-2)21-13/h8-9,12,15H,3-7,10H2,1-2H3,(H,19,20). The number of thiophene rings is 1. The van der Waals surface area contributed by atoms with Crippen LogP contribution in [0.4, 0.5) is 0 Å². The van der Waals surface area contributed by atoms with E-state index < -0.39 is 11.9 Å². The molecule has 2 unspecified atom stereocenters. The molecule has 1 saturated heterocycles. The van der Waals surface area contributed by atoms with E-state index >= 15 is 0 Å². The minimum Gasteiger partial charge on any atom is -0.481 e. The Morgan fingerprint density at radius 3 is 2.76 bits per heavy atom. The fourth-order valence-corrected chi connectivity index (χ4v) is 4.14. The van der Waals surface area contributed by atoms with Crippen molar-refractivity contribution >= 4 is 23.2 Å². The van der Waals surface area contributed by atoms with E-state index in [1.807, 2.05) is 13.0 Å². The van der Waals surface area contributed by atoms with Gasteiger partial charge in [0.1, 0.15) is 0 Å². The van der Waals surface area contributed by atoms with Crippen LogP contribution in [0, 0.1) is 5.92 Å². The van der Waals surface area contributed by atoms with Gasteiger partial charge in [0.05, 0.1) is 12.0 Å². The summed E-state index contributed by atoms with van der Waals surface area (Å²) < 4.78 is 0. The summed E-state index contributed by atoms with van der Waals surface area (Å²) in [4.78, 5) is 28.1. The Morgan fingerprint density at radius 2 is 2.19 bits per heavy atom. The molecule has 1 aliphatic heterocycles. The third kappa shape index (κ3) is 3.46. The van der Waals surface area contributed by atoms with Crippen molar-refractivity contribution in [1.82, 2.24) is 4.90 Å². The normalized spacial score (nSPS) is 23.1. The van der Waals surface area contributed by atoms with Crippen LogP contribution in [0.2, 0.25) is 0 Å². The third-order valence-electron chi connectivity index (χ3n) is 4.05. The molecule has 5 heteroatoms. The number of carboxylic acid groups (broad SMARTS) is 1. The largest absolute Gasteiger partial charge is 0.481 e. The van der Waals surface area contributed by atoms with E-state index in [0.717, 1.165) is 17.7 Å². The first-order valence-corrected chi connectivity index (χ1v) is 8.51. The summed E-state index contributed by atoms with van der Waals surface area (Å²) in [5, 5.41) is 9.60. The lowest BCUT2D eigenvalue weighted by molar-refractivity contribution is -0.146. The van der Waals surface area contributed by atoms with Gasteiger partial charge in [-0.1, -0.05) is 13.8 Å². The van der Waals surface area contributed by atoms with E-state index in [0.29, 0.717) is 25.8 Å². The summed E-state index contributed by atoms with van der Waals surface area (Å²) in [6, 6.07) is 3.76. The average molecular weight is 309 g/mol. The molecule has 2 heterocycles. The van der Waals surface area contributed by atoms with Crippen molar-refractivity contribution < 1.29 is 14.7 Å². The van der Waals surface area contributed by atoms with Crippen LogP contribution in [0.5, 0.6) is 0 Å². The number of amides is 1. The first-order chi connectivity index (χ1) is 10.1. The number of nitrogens with zero attached hydrogens (tertiary/aromatic N) is 1. The van der Waals surface area contributed by atoms with Crippen molar-refractivity contribution in [2.75, 3.05) is 6.54 Å². The first kappa shape index (κ1) is 16.0. The molecule has 1 aromatic heterocycles. The Labute approximate surface area is 129 Å². The monoisotopic (exact) mass is 309 g/mol. The lowest BCUT2D eigenvalue weighted by atomic mass is 9.93. The predicted octanol–water partition coefficient (Wildman–Crippen LogP) is 3.47. The van der Waals surface area contributed by atoms with Crippen LogP contribution in [-0.2, 0) is 16.0 Å². The molecule has 0 aliphatic carbocycles. The molecule has 2 rings (SSSR count). The summed E-state index contributed by atoms with van der Waals surface area (Å²) in [6.45, 7) is 4.75. The molecule has 0 radical (unpaired) electrons. The molecule has 1 fully saturated rings. The van der Waals surface area contributed by atoms with Crippen LogP contribution in [-0.4, -0.2) is 28.4 Å². The molecule has 0 aromatic carbocycles. The highest BCUT2D eigenvalue weighted by molar-refractivity contribution is 7.12. The molecule has 116 valence electrons. The Hall–Kier alpha value is -1.36. The number of hydrogen-bond acceptors (Lipinski definition) is 3. The highest BCUT2D eigenvalue weighted by Gasteiger charge is 2.38. The van der Waals surface area contributed by atoms with E-state index in [1.165, 1.54) is 4.88 Å². The molecule has 1 N–H and O–H groups in total. The summed E-state index contributed by atoms with van der Waals surface area (Å²) >= 11 is 1.64. The summed E-state index contributed by atoms with van der Waals surface area (Å²) in [7, 11) is 0. The van der Waals surface area contributed by atoms with Gasteiger partial charge in [-0.25, -0.2) is 0 Å². The van der Waals surface area contributed by atoms with E-state index in [9.17, 15) is 14.7 Å². The second-order valence-corrected chi connectivity index (χ2v) is 6.73. The van der Waals surface area contributed by atoms with Crippen molar-refractivity contribution in [2.24, 2.45) is 5.92 Å². The van der Waals surface area contributed by atoms with Crippen LogP contribution in [0.1, 0.15) is 55.3 Å². The second-order valence-electron chi connectivity index (χ2n) is 5.53. The fraction of sp³-hybridized carbons (Fsp3) is 0.625. The van der Waals surface area contributed by atoms with Gasteiger partial charge in [0.25, 0.3) is 0 Å². The number of carbonyl (C=O) groups is 2. The number of rotatable bonds is 5. The van der Waals surface area contributed by atoms with Gasteiger partial charge in [0.15, 0.2) is 0 Å². The van der Waals surface area contributed by atoms with Gasteiger partial charge < -0.3 is 10.0 Å². The maximum Gasteiger partial charge on any atom is 0.308 e. The van der Waals surface area contributed by atoms with E-state index in [-0.39, 0.29) is 11.9 Å². The minimum atomic E-state index is -0.790. The van der Waals surface area contributed by atoms with Gasteiger partial charge in [-0.3, -0.25) is 9.59 Å². The second kappa shape index (κ2) is 7.07. The maximum absolute atomic E-state index is 12.4. The third-order valence-corrected chi connectivity index (χ3v) is 5.35. The van der Waals surface area contributed by atoms with Crippen LogP contribution in [0.25, 0.3) is 0 Å². The van der Waals surface area contributed by atoms with Crippen LogP contribution >= 0.6 is 11.3 Å². The SMILES string of the molecule is CCCN1C(=O)CCCC(C(=O)O)C1c1ccc(CC)s1. The highest BCUT2D eigenvalue weighted by Crippen LogP contribution is 2.39. The fourth-order valence-electron chi connectivity index (χ4n) is 3.01. The van der Waals surface area contributed by atoms with Gasteiger partial charge in [0, 0.05) is 22.7 Å². The Balaban J connectivity index is 2.42. The molecule has 4 nitrogen and oxygen atoms in total. The predicted molar refractivity (Wildman–Crippen MR) is 83.4 cm³/mol. The Morgan fingerprint density at radius 1 is 1.43 bits per heavy atom. The van der Waals surface area contributed by atoms with E-state index in [2.05, 4.69) is 13.0 Å². The number of carboxylic acids is 1. The Kier molecular flexibility index (Phi) is 5.39. The van der Waals surface area contributed by atoms with Gasteiger partial charge in [-0.05, 0) is 37.8 Å². The van der Waals surface area contributed by atoms with Gasteiger partial charge >= 0.3 is 5.97 Å². The molecule has 2 atom stereocenters.